The number of hydrogen-bond donors (Lipinski definition) is 1. The Morgan fingerprint density at radius 1 is 0.838 bits per heavy atom. The lowest BCUT2D eigenvalue weighted by Gasteiger charge is -2.52. The average Bonchev–Trinajstić information content (AvgIpc) is 2.86. The van der Waals surface area contributed by atoms with Crippen molar-refractivity contribution in [2.75, 3.05) is 5.32 Å². The van der Waals surface area contributed by atoms with Crippen molar-refractivity contribution in [3.63, 3.8) is 0 Å². The van der Waals surface area contributed by atoms with Crippen molar-refractivity contribution in [2.45, 2.75) is 71.5 Å². The van der Waals surface area contributed by atoms with E-state index < -0.39 is 0 Å². The number of likely N-dealkylation sites (tertiary alicyclic amines) is 1. The van der Waals surface area contributed by atoms with Crippen LogP contribution in [0.3, 0.4) is 0 Å². The third-order valence-electron chi connectivity index (χ3n) is 7.90. The first kappa shape index (κ1) is 25.2. The molecule has 1 amide bonds. The van der Waals surface area contributed by atoms with Gasteiger partial charge in [0.2, 0.25) is 0 Å². The maximum absolute atomic E-state index is 12.9. The van der Waals surface area contributed by atoms with Crippen molar-refractivity contribution in [1.29, 1.82) is 0 Å². The van der Waals surface area contributed by atoms with E-state index in [0.29, 0.717) is 5.56 Å². The summed E-state index contributed by atoms with van der Waals surface area (Å²) in [5.74, 6) is -0.117. The molecule has 3 aromatic carbocycles. The maximum Gasteiger partial charge on any atom is 0.255 e. The van der Waals surface area contributed by atoms with Crippen molar-refractivity contribution in [1.82, 2.24) is 9.88 Å². The molecule has 4 aromatic rings. The minimum Gasteiger partial charge on any atom is -0.322 e. The Balaban J connectivity index is 1.29. The third kappa shape index (κ3) is 5.45. The average molecular weight is 492 g/mol. The lowest BCUT2D eigenvalue weighted by Crippen LogP contribution is -2.57. The molecule has 37 heavy (non-hydrogen) atoms. The first-order chi connectivity index (χ1) is 17.6. The molecular formula is C33H37N3O. The number of piperidine rings is 1. The topological polar surface area (TPSA) is 45.2 Å². The van der Waals surface area contributed by atoms with Crippen molar-refractivity contribution in [3.8, 4) is 11.1 Å². The summed E-state index contributed by atoms with van der Waals surface area (Å²) in [6, 6.07) is 26.3. The van der Waals surface area contributed by atoms with Gasteiger partial charge < -0.3 is 5.32 Å². The van der Waals surface area contributed by atoms with E-state index >= 15 is 0 Å². The van der Waals surface area contributed by atoms with Crippen LogP contribution in [0, 0.1) is 6.92 Å². The Bertz CT molecular complexity index is 1400. The van der Waals surface area contributed by atoms with Crippen LogP contribution in [0.1, 0.15) is 68.6 Å². The fourth-order valence-electron chi connectivity index (χ4n) is 5.73. The van der Waals surface area contributed by atoms with E-state index in [9.17, 15) is 4.79 Å². The zero-order valence-corrected chi connectivity index (χ0v) is 22.6. The molecule has 1 N–H and O–H groups in total. The second-order valence-electron chi connectivity index (χ2n) is 11.7. The molecule has 0 unspecified atom stereocenters. The maximum atomic E-state index is 12.9. The number of rotatable bonds is 5. The number of nitrogens with one attached hydrogen (secondary N) is 1. The van der Waals surface area contributed by atoms with Gasteiger partial charge in [-0.25, -0.2) is 0 Å². The Kier molecular flexibility index (Phi) is 6.63. The number of aromatic nitrogens is 1. The fourth-order valence-corrected chi connectivity index (χ4v) is 5.73. The van der Waals surface area contributed by atoms with E-state index in [0.717, 1.165) is 40.0 Å². The highest BCUT2D eigenvalue weighted by Crippen LogP contribution is 2.39. The third-order valence-corrected chi connectivity index (χ3v) is 7.90. The molecule has 1 aromatic heterocycles. The molecule has 0 spiro atoms. The van der Waals surface area contributed by atoms with Gasteiger partial charge in [0.1, 0.15) is 0 Å². The summed E-state index contributed by atoms with van der Waals surface area (Å²) in [6.07, 6.45) is 3.69. The molecule has 4 heteroatoms. The van der Waals surface area contributed by atoms with Crippen LogP contribution < -0.4 is 5.32 Å². The van der Waals surface area contributed by atoms with Crippen LogP contribution in [0.4, 0.5) is 5.69 Å². The lowest BCUT2D eigenvalue weighted by atomic mass is 9.79. The van der Waals surface area contributed by atoms with Gasteiger partial charge >= 0.3 is 0 Å². The van der Waals surface area contributed by atoms with Gasteiger partial charge in [0.15, 0.2) is 0 Å². The number of amides is 1. The van der Waals surface area contributed by atoms with Crippen LogP contribution in [-0.2, 0) is 6.54 Å². The number of fused-ring (bicyclic) bond motifs is 1. The second-order valence-corrected chi connectivity index (χ2v) is 11.7. The number of nitrogens with zero attached hydrogens (tertiary/aromatic N) is 2. The quantitative estimate of drug-likeness (QED) is 0.307. The molecule has 190 valence electrons. The minimum atomic E-state index is -0.117. The van der Waals surface area contributed by atoms with E-state index in [4.69, 9.17) is 4.98 Å². The highest BCUT2D eigenvalue weighted by Gasteiger charge is 2.41. The van der Waals surface area contributed by atoms with Crippen LogP contribution in [0.25, 0.3) is 22.0 Å². The van der Waals surface area contributed by atoms with Crippen molar-refractivity contribution >= 4 is 22.5 Å². The van der Waals surface area contributed by atoms with Crippen LogP contribution in [0.5, 0.6) is 0 Å². The minimum absolute atomic E-state index is 0.117. The summed E-state index contributed by atoms with van der Waals surface area (Å²) in [5.41, 5.74) is 7.23. The largest absolute Gasteiger partial charge is 0.322 e. The summed E-state index contributed by atoms with van der Waals surface area (Å²) in [6.45, 7) is 12.3. The van der Waals surface area contributed by atoms with E-state index in [-0.39, 0.29) is 17.0 Å². The molecule has 0 radical (unpaired) electrons. The number of benzene rings is 3. The predicted molar refractivity (Wildman–Crippen MR) is 154 cm³/mol. The number of anilines is 1. The Hall–Kier alpha value is -3.50. The first-order valence-electron chi connectivity index (χ1n) is 13.3. The number of aryl methyl sites for hydroxylation is 1. The first-order valence-corrected chi connectivity index (χ1v) is 13.3. The SMILES string of the molecule is Cc1ccc(-c2ccc(C(=O)Nc3ccc4nc(CN5C(C)(C)CCCC5(C)C)ccc4c3)cc2)cc1. The number of carbonyl (C=O) groups excluding carboxylic acids is 1. The Labute approximate surface area is 220 Å². The van der Waals surface area contributed by atoms with E-state index in [2.05, 4.69) is 81.2 Å². The Morgan fingerprint density at radius 3 is 2.11 bits per heavy atom. The molecule has 1 fully saturated rings. The second kappa shape index (κ2) is 9.75. The molecule has 5 rings (SSSR count). The normalized spacial score (nSPS) is 17.0. The smallest absolute Gasteiger partial charge is 0.255 e. The monoisotopic (exact) mass is 491 g/mol. The van der Waals surface area contributed by atoms with Crippen LogP contribution in [0.15, 0.2) is 78.9 Å². The molecule has 0 atom stereocenters. The van der Waals surface area contributed by atoms with Crippen LogP contribution in [0.2, 0.25) is 0 Å². The van der Waals surface area contributed by atoms with Gasteiger partial charge in [0, 0.05) is 34.3 Å². The van der Waals surface area contributed by atoms with Gasteiger partial charge in [-0.05, 0) is 101 Å². The molecule has 0 saturated carbocycles. The van der Waals surface area contributed by atoms with Crippen molar-refractivity contribution in [2.24, 2.45) is 0 Å². The van der Waals surface area contributed by atoms with Crippen LogP contribution >= 0.6 is 0 Å². The van der Waals surface area contributed by atoms with E-state index in [1.807, 2.05) is 42.5 Å². The summed E-state index contributed by atoms with van der Waals surface area (Å²) in [4.78, 5) is 20.5. The van der Waals surface area contributed by atoms with Gasteiger partial charge in [-0.1, -0.05) is 48.0 Å². The highest BCUT2D eigenvalue weighted by atomic mass is 16.1. The van der Waals surface area contributed by atoms with Gasteiger partial charge in [-0.3, -0.25) is 14.7 Å². The number of pyridine rings is 1. The standard InChI is InChI=1S/C33H37N3O/c1-23-7-9-24(10-8-23)25-11-13-26(14-12-25)31(37)35-28-17-18-30-27(21-28)15-16-29(34-30)22-36-32(2,3)19-6-20-33(36,4)5/h7-18,21H,6,19-20,22H2,1-5H3,(H,35,37). The van der Waals surface area contributed by atoms with Gasteiger partial charge in [-0.2, -0.15) is 0 Å². The summed E-state index contributed by atoms with van der Waals surface area (Å²) < 4.78 is 0. The molecule has 1 aliphatic rings. The lowest BCUT2D eigenvalue weighted by molar-refractivity contribution is -0.0348. The van der Waals surface area contributed by atoms with E-state index in [1.54, 1.807) is 0 Å². The van der Waals surface area contributed by atoms with Gasteiger partial charge in [0.05, 0.1) is 11.2 Å². The molecule has 1 aliphatic heterocycles. The summed E-state index contributed by atoms with van der Waals surface area (Å²) >= 11 is 0. The molecule has 0 aliphatic carbocycles. The van der Waals surface area contributed by atoms with E-state index in [1.165, 1.54) is 24.8 Å². The molecule has 4 nitrogen and oxygen atoms in total. The molecule has 1 saturated heterocycles. The van der Waals surface area contributed by atoms with Crippen molar-refractivity contribution < 1.29 is 4.79 Å². The highest BCUT2D eigenvalue weighted by molar-refractivity contribution is 6.05. The molecule has 2 heterocycles. The van der Waals surface area contributed by atoms with Crippen molar-refractivity contribution in [3.05, 3.63) is 95.7 Å². The number of carbonyl (C=O) groups is 1. The van der Waals surface area contributed by atoms with Gasteiger partial charge in [-0.15, -0.1) is 0 Å². The predicted octanol–water partition coefficient (Wildman–Crippen LogP) is 8.01. The number of hydrogen-bond acceptors (Lipinski definition) is 3. The fraction of sp³-hybridized carbons (Fsp3) is 0.333. The zero-order valence-electron chi connectivity index (χ0n) is 22.6. The summed E-state index contributed by atoms with van der Waals surface area (Å²) in [5, 5.41) is 4.07. The zero-order chi connectivity index (χ0) is 26.2. The van der Waals surface area contributed by atoms with Crippen LogP contribution in [-0.4, -0.2) is 26.9 Å². The van der Waals surface area contributed by atoms with Gasteiger partial charge in [0.25, 0.3) is 5.91 Å². The Morgan fingerprint density at radius 2 is 1.46 bits per heavy atom. The molecule has 0 bridgehead atoms. The summed E-state index contributed by atoms with van der Waals surface area (Å²) in [7, 11) is 0. The molecular weight excluding hydrogens is 454 g/mol.